The molecule has 0 aliphatic carbocycles. The summed E-state index contributed by atoms with van der Waals surface area (Å²) in [6, 6.07) is 5.76. The second-order valence-electron chi connectivity index (χ2n) is 7.36. The first kappa shape index (κ1) is 19.0. The van der Waals surface area contributed by atoms with E-state index in [1.807, 2.05) is 23.6 Å². The van der Waals surface area contributed by atoms with Crippen LogP contribution >= 0.6 is 11.3 Å². The maximum atomic E-state index is 12.4. The molecule has 8 heteroatoms. The fraction of sp³-hybridized carbons (Fsp3) is 0.450. The molecule has 3 aromatic rings. The minimum Gasteiger partial charge on any atom is -0.379 e. The molecule has 3 heterocycles. The molecule has 148 valence electrons. The van der Waals surface area contributed by atoms with Crippen LogP contribution in [0.15, 0.2) is 23.6 Å². The first-order valence-corrected chi connectivity index (χ1v) is 10.5. The Morgan fingerprint density at radius 3 is 2.89 bits per heavy atom. The number of nitrogens with one attached hydrogen (secondary N) is 2. The summed E-state index contributed by atoms with van der Waals surface area (Å²) >= 11 is 1.61. The van der Waals surface area contributed by atoms with Gasteiger partial charge in [-0.2, -0.15) is 0 Å². The Balaban J connectivity index is 1.39. The van der Waals surface area contributed by atoms with Gasteiger partial charge in [0, 0.05) is 30.1 Å². The minimum absolute atomic E-state index is 0.0620. The molecule has 1 aromatic carbocycles. The number of hydrogen-bond donors (Lipinski definition) is 2. The summed E-state index contributed by atoms with van der Waals surface area (Å²) in [5.74, 6) is 1.26. The van der Waals surface area contributed by atoms with Crippen molar-refractivity contribution in [3.63, 3.8) is 0 Å². The quantitative estimate of drug-likeness (QED) is 0.665. The number of carbonyl (C=O) groups excluding carboxylic acids is 1. The Hall–Kier alpha value is -2.29. The molecule has 0 saturated carbocycles. The second-order valence-corrected chi connectivity index (χ2v) is 8.25. The number of benzene rings is 1. The van der Waals surface area contributed by atoms with Crippen molar-refractivity contribution in [3.05, 3.63) is 40.1 Å². The van der Waals surface area contributed by atoms with Crippen molar-refractivity contribution in [1.82, 2.24) is 19.9 Å². The van der Waals surface area contributed by atoms with Crippen LogP contribution in [0.25, 0.3) is 11.0 Å². The van der Waals surface area contributed by atoms with Gasteiger partial charge in [0.25, 0.3) is 0 Å². The number of carbonyl (C=O) groups is 1. The number of hydrogen-bond acceptors (Lipinski definition) is 6. The average Bonchev–Trinajstić information content (AvgIpc) is 3.28. The van der Waals surface area contributed by atoms with Gasteiger partial charge >= 0.3 is 0 Å². The summed E-state index contributed by atoms with van der Waals surface area (Å²) < 4.78 is 5.39. The molecule has 28 heavy (non-hydrogen) atoms. The highest BCUT2D eigenvalue weighted by Crippen LogP contribution is 2.21. The molecular formula is C20H25N5O2S. The number of H-pyrrole nitrogens is 1. The van der Waals surface area contributed by atoms with E-state index < -0.39 is 0 Å². The summed E-state index contributed by atoms with van der Waals surface area (Å²) in [5, 5.41) is 5.99. The lowest BCUT2D eigenvalue weighted by atomic mass is 10.2. The lowest BCUT2D eigenvalue weighted by Gasteiger charge is -2.25. The maximum absolute atomic E-state index is 12.4. The number of morpholine rings is 1. The van der Waals surface area contributed by atoms with Gasteiger partial charge in [0.15, 0.2) is 0 Å². The highest BCUT2D eigenvalue weighted by molar-refractivity contribution is 7.09. The third-order valence-electron chi connectivity index (χ3n) is 4.70. The molecular weight excluding hydrogens is 374 g/mol. The van der Waals surface area contributed by atoms with Crippen LogP contribution in [0.1, 0.15) is 36.3 Å². The number of fused-ring (bicyclic) bond motifs is 1. The van der Waals surface area contributed by atoms with Crippen LogP contribution < -0.4 is 5.32 Å². The van der Waals surface area contributed by atoms with E-state index in [0.29, 0.717) is 5.92 Å². The van der Waals surface area contributed by atoms with Crippen LogP contribution in [-0.4, -0.2) is 52.1 Å². The Morgan fingerprint density at radius 1 is 1.32 bits per heavy atom. The molecule has 0 radical (unpaired) electrons. The van der Waals surface area contributed by atoms with Crippen molar-refractivity contribution in [3.8, 4) is 0 Å². The topological polar surface area (TPSA) is 83.1 Å². The van der Waals surface area contributed by atoms with Gasteiger partial charge in [0.1, 0.15) is 5.82 Å². The smallest absolute Gasteiger partial charge is 0.230 e. The molecule has 0 atom stereocenters. The van der Waals surface area contributed by atoms with Crippen LogP contribution in [0.3, 0.4) is 0 Å². The van der Waals surface area contributed by atoms with E-state index in [1.165, 1.54) is 0 Å². The van der Waals surface area contributed by atoms with Crippen LogP contribution in [0.5, 0.6) is 0 Å². The van der Waals surface area contributed by atoms with E-state index in [2.05, 4.69) is 39.0 Å². The Morgan fingerprint density at radius 2 is 2.14 bits per heavy atom. The van der Waals surface area contributed by atoms with E-state index in [-0.39, 0.29) is 12.3 Å². The second kappa shape index (κ2) is 8.38. The van der Waals surface area contributed by atoms with Gasteiger partial charge in [-0.1, -0.05) is 13.8 Å². The molecule has 1 fully saturated rings. The number of ether oxygens (including phenoxy) is 1. The van der Waals surface area contributed by atoms with Crippen molar-refractivity contribution >= 4 is 34.0 Å². The van der Waals surface area contributed by atoms with Gasteiger partial charge < -0.3 is 15.0 Å². The molecule has 2 N–H and O–H groups in total. The van der Waals surface area contributed by atoms with Gasteiger partial charge in [-0.05, 0) is 18.2 Å². The minimum atomic E-state index is -0.0620. The molecule has 1 amide bonds. The lowest BCUT2D eigenvalue weighted by molar-refractivity contribution is -0.115. The number of aromatic nitrogens is 3. The summed E-state index contributed by atoms with van der Waals surface area (Å²) in [5.41, 5.74) is 3.42. The molecule has 2 aromatic heterocycles. The van der Waals surface area contributed by atoms with Crippen molar-refractivity contribution in [2.45, 2.75) is 32.7 Å². The monoisotopic (exact) mass is 399 g/mol. The van der Waals surface area contributed by atoms with Crippen molar-refractivity contribution in [1.29, 1.82) is 0 Å². The highest BCUT2D eigenvalue weighted by Gasteiger charge is 2.14. The molecule has 1 aliphatic heterocycles. The normalized spacial score (nSPS) is 15.4. The number of anilines is 1. The predicted molar refractivity (Wildman–Crippen MR) is 111 cm³/mol. The van der Waals surface area contributed by atoms with Gasteiger partial charge in [-0.15, -0.1) is 11.3 Å². The van der Waals surface area contributed by atoms with Crippen molar-refractivity contribution < 1.29 is 9.53 Å². The third kappa shape index (κ3) is 4.57. The number of aromatic amines is 1. The van der Waals surface area contributed by atoms with Crippen LogP contribution in [0.4, 0.5) is 5.69 Å². The van der Waals surface area contributed by atoms with Gasteiger partial charge in [0.05, 0.1) is 47.9 Å². The number of thiazole rings is 1. The van der Waals surface area contributed by atoms with E-state index in [4.69, 9.17) is 4.74 Å². The summed E-state index contributed by atoms with van der Waals surface area (Å²) in [4.78, 5) is 27.2. The summed E-state index contributed by atoms with van der Waals surface area (Å²) in [6.07, 6.45) is 0.284. The standard InChI is InChI=1S/C20H25N5O2S/c1-13(2)20-22-15(12-28-20)10-19(26)21-14-3-4-16-17(9-14)24-18(23-16)11-25-5-7-27-8-6-25/h3-4,9,12-13H,5-8,10-11H2,1-2H3,(H,21,26)(H,23,24). The molecule has 0 unspecified atom stereocenters. The zero-order valence-electron chi connectivity index (χ0n) is 16.2. The van der Waals surface area contributed by atoms with Crippen LogP contribution in [0.2, 0.25) is 0 Å². The molecule has 0 spiro atoms. The number of rotatable bonds is 6. The fourth-order valence-electron chi connectivity index (χ4n) is 3.22. The number of amides is 1. The first-order chi connectivity index (χ1) is 13.6. The van der Waals surface area contributed by atoms with Crippen LogP contribution in [-0.2, 0) is 22.5 Å². The molecule has 7 nitrogen and oxygen atoms in total. The van der Waals surface area contributed by atoms with E-state index >= 15 is 0 Å². The molecule has 1 aliphatic rings. The zero-order chi connectivity index (χ0) is 19.5. The molecule has 4 rings (SSSR count). The Labute approximate surface area is 168 Å². The van der Waals surface area contributed by atoms with Crippen molar-refractivity contribution in [2.75, 3.05) is 31.6 Å². The van der Waals surface area contributed by atoms with Gasteiger partial charge in [-0.25, -0.2) is 9.97 Å². The fourth-order valence-corrected chi connectivity index (χ4v) is 4.06. The van der Waals surface area contributed by atoms with Gasteiger partial charge in [0.2, 0.25) is 5.91 Å². The number of imidazole rings is 1. The Bertz CT molecular complexity index is 959. The lowest BCUT2D eigenvalue weighted by Crippen LogP contribution is -2.35. The summed E-state index contributed by atoms with van der Waals surface area (Å²) in [7, 11) is 0. The largest absolute Gasteiger partial charge is 0.379 e. The Kier molecular flexibility index (Phi) is 5.70. The first-order valence-electron chi connectivity index (χ1n) is 9.60. The van der Waals surface area contributed by atoms with E-state index in [9.17, 15) is 4.79 Å². The van der Waals surface area contributed by atoms with Crippen LogP contribution in [0, 0.1) is 0 Å². The average molecular weight is 400 g/mol. The predicted octanol–water partition coefficient (Wildman–Crippen LogP) is 3.16. The van der Waals surface area contributed by atoms with E-state index in [0.717, 1.165) is 66.1 Å². The molecule has 0 bridgehead atoms. The van der Waals surface area contributed by atoms with E-state index in [1.54, 1.807) is 11.3 Å². The SMILES string of the molecule is CC(C)c1nc(CC(=O)Nc2ccc3nc(CN4CCOCC4)[nH]c3c2)cs1. The maximum Gasteiger partial charge on any atom is 0.230 e. The summed E-state index contributed by atoms with van der Waals surface area (Å²) in [6.45, 7) is 8.39. The van der Waals surface area contributed by atoms with Gasteiger partial charge in [-0.3, -0.25) is 9.69 Å². The van der Waals surface area contributed by atoms with Crippen molar-refractivity contribution in [2.24, 2.45) is 0 Å². The number of nitrogens with zero attached hydrogens (tertiary/aromatic N) is 3. The highest BCUT2D eigenvalue weighted by atomic mass is 32.1. The third-order valence-corrected chi connectivity index (χ3v) is 5.89. The molecule has 1 saturated heterocycles. The zero-order valence-corrected chi connectivity index (χ0v) is 17.0.